The minimum Gasteiger partial charge on any atom is -0.388 e. The van der Waals surface area contributed by atoms with E-state index in [0.717, 1.165) is 42.3 Å². The fraction of sp³-hybridized carbons (Fsp3) is 0.600. The molecule has 1 saturated carbocycles. The summed E-state index contributed by atoms with van der Waals surface area (Å²) in [4.78, 5) is 19.6. The number of amides is 1. The van der Waals surface area contributed by atoms with Gasteiger partial charge in [0.15, 0.2) is 0 Å². The lowest BCUT2D eigenvalue weighted by atomic mass is 9.68. The molecule has 1 fully saturated rings. The molecule has 3 N–H and O–H groups in total. The fourth-order valence-corrected chi connectivity index (χ4v) is 3.86. The number of pyridine rings is 1. The molecule has 0 bridgehead atoms. The molecule has 1 amide bonds. The zero-order valence-electron chi connectivity index (χ0n) is 15.4. The van der Waals surface area contributed by atoms with Gasteiger partial charge in [0.1, 0.15) is 5.65 Å². The van der Waals surface area contributed by atoms with Crippen molar-refractivity contribution in [3.63, 3.8) is 0 Å². The number of aromatic amines is 1. The molecule has 0 saturated heterocycles. The molecule has 0 atom stereocenters. The monoisotopic (exact) mass is 343 g/mol. The van der Waals surface area contributed by atoms with Crippen LogP contribution < -0.4 is 5.32 Å². The maximum atomic E-state index is 12.3. The van der Waals surface area contributed by atoms with Crippen LogP contribution in [-0.4, -0.2) is 33.1 Å². The molecule has 2 aromatic rings. The Balaban J connectivity index is 1.52. The largest absolute Gasteiger partial charge is 0.388 e. The molecule has 3 rings (SSSR count). The molecule has 5 heteroatoms. The highest BCUT2D eigenvalue weighted by Crippen LogP contribution is 2.41. The Bertz CT molecular complexity index is 737. The molecule has 136 valence electrons. The summed E-state index contributed by atoms with van der Waals surface area (Å²) in [5.74, 6) is 0.582. The molecule has 2 aromatic heterocycles. The van der Waals surface area contributed by atoms with Crippen LogP contribution in [0.3, 0.4) is 0 Å². The van der Waals surface area contributed by atoms with E-state index >= 15 is 0 Å². The maximum Gasteiger partial charge on any atom is 0.224 e. The summed E-state index contributed by atoms with van der Waals surface area (Å²) in [6, 6.07) is 3.83. The summed E-state index contributed by atoms with van der Waals surface area (Å²) in [6.07, 6.45) is 7.41. The summed E-state index contributed by atoms with van der Waals surface area (Å²) >= 11 is 0. The number of aliphatic hydroxyl groups is 1. The van der Waals surface area contributed by atoms with Gasteiger partial charge in [-0.2, -0.15) is 0 Å². The molecule has 1 aliphatic rings. The highest BCUT2D eigenvalue weighted by Gasteiger charge is 2.37. The Kier molecular flexibility index (Phi) is 4.87. The van der Waals surface area contributed by atoms with E-state index in [4.69, 9.17) is 0 Å². The molecule has 0 aliphatic heterocycles. The van der Waals surface area contributed by atoms with E-state index < -0.39 is 5.60 Å². The Morgan fingerprint density at radius 3 is 2.80 bits per heavy atom. The standard InChI is InChI=1S/C20H29N3O2/c1-19(2,3)15-6-8-20(25,9-7-15)13-23-17(24)11-14-12-22-18-16(14)5-4-10-21-18/h4-5,10,12,15,25H,6-9,11,13H2,1-3H3,(H,21,22)(H,23,24). The van der Waals surface area contributed by atoms with Crippen LogP contribution in [0, 0.1) is 11.3 Å². The minimum absolute atomic E-state index is 0.0591. The molecular formula is C20H29N3O2. The van der Waals surface area contributed by atoms with Crippen LogP contribution >= 0.6 is 0 Å². The third-order valence-corrected chi connectivity index (χ3v) is 5.64. The number of nitrogens with one attached hydrogen (secondary N) is 2. The number of nitrogens with zero attached hydrogens (tertiary/aromatic N) is 1. The van der Waals surface area contributed by atoms with Gasteiger partial charge in [-0.1, -0.05) is 20.8 Å². The van der Waals surface area contributed by atoms with Gasteiger partial charge >= 0.3 is 0 Å². The van der Waals surface area contributed by atoms with Crippen LogP contribution in [0.2, 0.25) is 0 Å². The van der Waals surface area contributed by atoms with Crippen molar-refractivity contribution < 1.29 is 9.90 Å². The number of carbonyl (C=O) groups excluding carboxylic acids is 1. The summed E-state index contributed by atoms with van der Waals surface area (Å²) < 4.78 is 0. The zero-order chi connectivity index (χ0) is 18.1. The number of rotatable bonds is 4. The lowest BCUT2D eigenvalue weighted by molar-refractivity contribution is -0.122. The van der Waals surface area contributed by atoms with Crippen molar-refractivity contribution in [3.05, 3.63) is 30.1 Å². The normalized spacial score (nSPS) is 24.4. The van der Waals surface area contributed by atoms with E-state index in [1.165, 1.54) is 0 Å². The third-order valence-electron chi connectivity index (χ3n) is 5.64. The highest BCUT2D eigenvalue weighted by molar-refractivity contribution is 5.87. The third kappa shape index (κ3) is 4.21. The van der Waals surface area contributed by atoms with Crippen LogP contribution in [0.25, 0.3) is 11.0 Å². The van der Waals surface area contributed by atoms with E-state index in [1.807, 2.05) is 18.3 Å². The quantitative estimate of drug-likeness (QED) is 0.798. The molecular weight excluding hydrogens is 314 g/mol. The molecule has 0 aromatic carbocycles. The van der Waals surface area contributed by atoms with E-state index in [1.54, 1.807) is 6.20 Å². The van der Waals surface area contributed by atoms with Gasteiger partial charge in [-0.15, -0.1) is 0 Å². The number of aromatic nitrogens is 2. The summed E-state index contributed by atoms with van der Waals surface area (Å²) in [5.41, 5.74) is 1.25. The Hall–Kier alpha value is -1.88. The number of H-pyrrole nitrogens is 1. The van der Waals surface area contributed by atoms with Crippen molar-refractivity contribution >= 4 is 16.9 Å². The average molecular weight is 343 g/mol. The number of carbonyl (C=O) groups is 1. The fourth-order valence-electron chi connectivity index (χ4n) is 3.86. The SMILES string of the molecule is CC(C)(C)C1CCC(O)(CNC(=O)Cc2c[nH]c3ncccc23)CC1. The zero-order valence-corrected chi connectivity index (χ0v) is 15.4. The van der Waals surface area contributed by atoms with Crippen molar-refractivity contribution in [2.24, 2.45) is 11.3 Å². The predicted octanol–water partition coefficient (Wildman–Crippen LogP) is 3.19. The topological polar surface area (TPSA) is 78.0 Å². The smallest absolute Gasteiger partial charge is 0.224 e. The van der Waals surface area contributed by atoms with Gasteiger partial charge in [0.2, 0.25) is 5.91 Å². The second kappa shape index (κ2) is 6.79. The van der Waals surface area contributed by atoms with Gasteiger partial charge < -0.3 is 15.4 Å². The molecule has 5 nitrogen and oxygen atoms in total. The van der Waals surface area contributed by atoms with Crippen LogP contribution in [0.1, 0.15) is 52.0 Å². The van der Waals surface area contributed by atoms with Gasteiger partial charge in [0, 0.05) is 24.3 Å². The van der Waals surface area contributed by atoms with Crippen LogP contribution in [-0.2, 0) is 11.2 Å². The van der Waals surface area contributed by atoms with Gasteiger partial charge in [-0.3, -0.25) is 4.79 Å². The highest BCUT2D eigenvalue weighted by atomic mass is 16.3. The first-order chi connectivity index (χ1) is 11.8. The van der Waals surface area contributed by atoms with Gasteiger partial charge in [-0.25, -0.2) is 4.98 Å². The van der Waals surface area contributed by atoms with Gasteiger partial charge in [-0.05, 0) is 54.7 Å². The van der Waals surface area contributed by atoms with Gasteiger partial charge in [0.05, 0.1) is 12.0 Å². The van der Waals surface area contributed by atoms with Gasteiger partial charge in [0.25, 0.3) is 0 Å². The Morgan fingerprint density at radius 2 is 2.12 bits per heavy atom. The molecule has 25 heavy (non-hydrogen) atoms. The minimum atomic E-state index is -0.765. The van der Waals surface area contributed by atoms with E-state index in [0.29, 0.717) is 18.9 Å². The summed E-state index contributed by atoms with van der Waals surface area (Å²) in [6.45, 7) is 7.13. The lowest BCUT2D eigenvalue weighted by Gasteiger charge is -2.41. The first-order valence-corrected chi connectivity index (χ1v) is 9.17. The van der Waals surface area contributed by atoms with Crippen LogP contribution in [0.15, 0.2) is 24.5 Å². The predicted molar refractivity (Wildman–Crippen MR) is 99.2 cm³/mol. The molecule has 0 radical (unpaired) electrons. The number of hydrogen-bond acceptors (Lipinski definition) is 3. The molecule has 0 unspecified atom stereocenters. The van der Waals surface area contributed by atoms with E-state index in [2.05, 4.69) is 36.1 Å². The number of hydrogen-bond donors (Lipinski definition) is 3. The maximum absolute atomic E-state index is 12.3. The molecule has 1 aliphatic carbocycles. The second-order valence-corrected chi connectivity index (χ2v) is 8.53. The number of fused-ring (bicyclic) bond motifs is 1. The van der Waals surface area contributed by atoms with Crippen molar-refractivity contribution in [1.29, 1.82) is 0 Å². The van der Waals surface area contributed by atoms with E-state index in [-0.39, 0.29) is 11.3 Å². The first-order valence-electron chi connectivity index (χ1n) is 9.17. The second-order valence-electron chi connectivity index (χ2n) is 8.53. The van der Waals surface area contributed by atoms with Crippen LogP contribution in [0.5, 0.6) is 0 Å². The van der Waals surface area contributed by atoms with Crippen molar-refractivity contribution in [2.45, 2.75) is 58.5 Å². The van der Waals surface area contributed by atoms with Crippen molar-refractivity contribution in [3.8, 4) is 0 Å². The van der Waals surface area contributed by atoms with Crippen molar-refractivity contribution in [2.75, 3.05) is 6.54 Å². The molecule has 0 spiro atoms. The summed E-state index contributed by atoms with van der Waals surface area (Å²) in [5, 5.41) is 14.7. The molecule has 2 heterocycles. The average Bonchev–Trinajstić information content (AvgIpc) is 2.96. The summed E-state index contributed by atoms with van der Waals surface area (Å²) in [7, 11) is 0. The van der Waals surface area contributed by atoms with Crippen LogP contribution in [0.4, 0.5) is 0 Å². The Labute approximate surface area is 149 Å². The lowest BCUT2D eigenvalue weighted by Crippen LogP contribution is -2.46. The van der Waals surface area contributed by atoms with Crippen molar-refractivity contribution in [1.82, 2.24) is 15.3 Å². The first kappa shape index (κ1) is 17.9. The van der Waals surface area contributed by atoms with E-state index in [9.17, 15) is 9.90 Å². The Morgan fingerprint density at radius 1 is 1.40 bits per heavy atom.